The Kier molecular flexibility index (Phi) is 3.82. The molecule has 0 spiro atoms. The van der Waals surface area contributed by atoms with Crippen molar-refractivity contribution in [3.63, 3.8) is 0 Å². The van der Waals surface area contributed by atoms with Gasteiger partial charge in [0.1, 0.15) is 5.82 Å². The quantitative estimate of drug-likeness (QED) is 0.889. The number of hydrogen-bond acceptors (Lipinski definition) is 4. The van der Waals surface area contributed by atoms with Gasteiger partial charge in [0.15, 0.2) is 0 Å². The van der Waals surface area contributed by atoms with E-state index in [2.05, 4.69) is 9.71 Å². The molecule has 1 aromatic heterocycles. The molecule has 0 atom stereocenters. The topological polar surface area (TPSA) is 85.1 Å². The van der Waals surface area contributed by atoms with E-state index in [1.165, 1.54) is 6.07 Å². The Morgan fingerprint density at radius 2 is 1.95 bits per heavy atom. The minimum absolute atomic E-state index is 0.179. The number of anilines is 1. The molecule has 0 aliphatic carbocycles. The van der Waals surface area contributed by atoms with Gasteiger partial charge >= 0.3 is 0 Å². The van der Waals surface area contributed by atoms with Crippen LogP contribution in [0.3, 0.4) is 0 Å². The van der Waals surface area contributed by atoms with E-state index in [1.54, 1.807) is 43.3 Å². The highest BCUT2D eigenvalue weighted by Crippen LogP contribution is 2.15. The van der Waals surface area contributed by atoms with Crippen LogP contribution in [0.15, 0.2) is 47.4 Å². The van der Waals surface area contributed by atoms with Gasteiger partial charge in [0.2, 0.25) is 0 Å². The highest BCUT2D eigenvalue weighted by Gasteiger charge is 2.14. The molecule has 3 N–H and O–H groups in total. The first-order chi connectivity index (χ1) is 9.01. The molecule has 5 nitrogen and oxygen atoms in total. The largest absolute Gasteiger partial charge is 0.326 e. The lowest BCUT2D eigenvalue weighted by Crippen LogP contribution is -2.14. The summed E-state index contributed by atoms with van der Waals surface area (Å²) in [6.45, 7) is 2.10. The maximum atomic E-state index is 12.2. The summed E-state index contributed by atoms with van der Waals surface area (Å²) in [6, 6.07) is 11.7. The summed E-state index contributed by atoms with van der Waals surface area (Å²) >= 11 is 0. The van der Waals surface area contributed by atoms with Gasteiger partial charge in [-0.15, -0.1) is 0 Å². The van der Waals surface area contributed by atoms with Crippen molar-refractivity contribution < 1.29 is 8.42 Å². The first-order valence-electron chi connectivity index (χ1n) is 5.77. The van der Waals surface area contributed by atoms with E-state index in [9.17, 15) is 8.42 Å². The fourth-order valence-electron chi connectivity index (χ4n) is 1.64. The van der Waals surface area contributed by atoms with Crippen LogP contribution < -0.4 is 10.5 Å². The Labute approximate surface area is 112 Å². The van der Waals surface area contributed by atoms with Crippen molar-refractivity contribution in [3.8, 4) is 0 Å². The lowest BCUT2D eigenvalue weighted by Gasteiger charge is -2.08. The van der Waals surface area contributed by atoms with Gasteiger partial charge in [-0.1, -0.05) is 18.2 Å². The van der Waals surface area contributed by atoms with Crippen LogP contribution in [-0.2, 0) is 16.6 Å². The number of aromatic nitrogens is 1. The smallest absolute Gasteiger partial charge is 0.263 e. The van der Waals surface area contributed by atoms with Crippen LogP contribution in [0.25, 0.3) is 0 Å². The fourth-order valence-corrected chi connectivity index (χ4v) is 2.71. The molecule has 0 saturated heterocycles. The Bertz CT molecular complexity index is 684. The van der Waals surface area contributed by atoms with E-state index in [-0.39, 0.29) is 4.90 Å². The molecule has 0 fully saturated rings. The lowest BCUT2D eigenvalue weighted by atomic mass is 10.2. The predicted molar refractivity (Wildman–Crippen MR) is 74.1 cm³/mol. The monoisotopic (exact) mass is 277 g/mol. The van der Waals surface area contributed by atoms with E-state index in [0.29, 0.717) is 12.4 Å². The third-order valence-corrected chi connectivity index (χ3v) is 3.92. The molecule has 0 saturated carbocycles. The zero-order chi connectivity index (χ0) is 13.9. The zero-order valence-corrected chi connectivity index (χ0v) is 11.3. The van der Waals surface area contributed by atoms with Gasteiger partial charge in [0.25, 0.3) is 10.0 Å². The SMILES string of the molecule is Cc1cccc(NS(=O)(=O)c2cccc(CN)c2)n1. The molecule has 2 aromatic rings. The minimum Gasteiger partial charge on any atom is -0.326 e. The summed E-state index contributed by atoms with van der Waals surface area (Å²) in [7, 11) is -3.63. The van der Waals surface area contributed by atoms with Crippen molar-refractivity contribution in [1.29, 1.82) is 0 Å². The van der Waals surface area contributed by atoms with Crippen LogP contribution in [0.1, 0.15) is 11.3 Å². The summed E-state index contributed by atoms with van der Waals surface area (Å²) in [5.74, 6) is 0.304. The standard InChI is InChI=1S/C13H15N3O2S/c1-10-4-2-7-13(15-10)16-19(17,18)12-6-3-5-11(8-12)9-14/h2-8H,9,14H2,1H3,(H,15,16). The molecular formula is C13H15N3O2S. The Balaban J connectivity index is 2.32. The second-order valence-electron chi connectivity index (χ2n) is 4.12. The number of benzene rings is 1. The molecule has 1 heterocycles. The Hall–Kier alpha value is -1.92. The van der Waals surface area contributed by atoms with Gasteiger partial charge in [0, 0.05) is 12.2 Å². The van der Waals surface area contributed by atoms with Crippen molar-refractivity contribution in [3.05, 3.63) is 53.7 Å². The molecule has 0 radical (unpaired) electrons. The van der Waals surface area contributed by atoms with E-state index in [4.69, 9.17) is 5.73 Å². The first-order valence-corrected chi connectivity index (χ1v) is 7.25. The first kappa shape index (κ1) is 13.5. The second-order valence-corrected chi connectivity index (χ2v) is 5.80. The summed E-state index contributed by atoms with van der Waals surface area (Å²) in [5, 5.41) is 0. The maximum absolute atomic E-state index is 12.2. The van der Waals surface area contributed by atoms with Crippen molar-refractivity contribution in [2.45, 2.75) is 18.4 Å². The van der Waals surface area contributed by atoms with Crippen molar-refractivity contribution in [2.75, 3.05) is 4.72 Å². The average Bonchev–Trinajstić information content (AvgIpc) is 2.38. The number of aryl methyl sites for hydroxylation is 1. The van der Waals surface area contributed by atoms with Crippen LogP contribution in [0.4, 0.5) is 5.82 Å². The molecule has 19 heavy (non-hydrogen) atoms. The lowest BCUT2D eigenvalue weighted by molar-refractivity contribution is 0.601. The predicted octanol–water partition coefficient (Wildman–Crippen LogP) is 1.65. The minimum atomic E-state index is -3.63. The number of nitrogens with two attached hydrogens (primary N) is 1. The van der Waals surface area contributed by atoms with Crippen LogP contribution >= 0.6 is 0 Å². The number of hydrogen-bond donors (Lipinski definition) is 2. The number of pyridine rings is 1. The van der Waals surface area contributed by atoms with E-state index in [0.717, 1.165) is 11.3 Å². The summed E-state index contributed by atoms with van der Waals surface area (Å²) in [5.41, 5.74) is 7.02. The third kappa shape index (κ3) is 3.30. The highest BCUT2D eigenvalue weighted by atomic mass is 32.2. The van der Waals surface area contributed by atoms with Crippen molar-refractivity contribution >= 4 is 15.8 Å². The van der Waals surface area contributed by atoms with Gasteiger partial charge in [0.05, 0.1) is 4.90 Å². The third-order valence-electron chi connectivity index (χ3n) is 2.57. The molecule has 0 bridgehead atoms. The Morgan fingerprint density at radius 3 is 2.63 bits per heavy atom. The molecule has 6 heteroatoms. The molecule has 0 unspecified atom stereocenters. The summed E-state index contributed by atoms with van der Waals surface area (Å²) < 4.78 is 26.8. The van der Waals surface area contributed by atoms with Gasteiger partial charge in [-0.25, -0.2) is 13.4 Å². The molecule has 0 aliphatic heterocycles. The van der Waals surface area contributed by atoms with Gasteiger partial charge in [-0.05, 0) is 36.8 Å². The van der Waals surface area contributed by atoms with Gasteiger partial charge < -0.3 is 5.73 Å². The summed E-state index contributed by atoms with van der Waals surface area (Å²) in [6.07, 6.45) is 0. The fraction of sp³-hybridized carbons (Fsp3) is 0.154. The van der Waals surface area contributed by atoms with E-state index >= 15 is 0 Å². The maximum Gasteiger partial charge on any atom is 0.263 e. The molecule has 0 amide bonds. The van der Waals surface area contributed by atoms with Crippen molar-refractivity contribution in [2.24, 2.45) is 5.73 Å². The molecule has 1 aromatic carbocycles. The molecule has 2 rings (SSSR count). The van der Waals surface area contributed by atoms with Gasteiger partial charge in [-0.3, -0.25) is 4.72 Å². The van der Waals surface area contributed by atoms with Crippen LogP contribution in [0.2, 0.25) is 0 Å². The Morgan fingerprint density at radius 1 is 1.21 bits per heavy atom. The van der Waals surface area contributed by atoms with Crippen LogP contribution in [0, 0.1) is 6.92 Å². The van der Waals surface area contributed by atoms with Crippen LogP contribution in [0.5, 0.6) is 0 Å². The van der Waals surface area contributed by atoms with Crippen LogP contribution in [-0.4, -0.2) is 13.4 Å². The van der Waals surface area contributed by atoms with E-state index in [1.807, 2.05) is 0 Å². The normalized spacial score (nSPS) is 11.3. The number of rotatable bonds is 4. The highest BCUT2D eigenvalue weighted by molar-refractivity contribution is 7.92. The molecule has 100 valence electrons. The number of sulfonamides is 1. The number of nitrogens with one attached hydrogen (secondary N) is 1. The molecule has 0 aliphatic rings. The second kappa shape index (κ2) is 5.38. The molecular weight excluding hydrogens is 262 g/mol. The van der Waals surface area contributed by atoms with Crippen molar-refractivity contribution in [1.82, 2.24) is 4.98 Å². The summed E-state index contributed by atoms with van der Waals surface area (Å²) in [4.78, 5) is 4.29. The van der Waals surface area contributed by atoms with Gasteiger partial charge in [-0.2, -0.15) is 0 Å². The van der Waals surface area contributed by atoms with E-state index < -0.39 is 10.0 Å². The number of nitrogens with zero attached hydrogens (tertiary/aromatic N) is 1. The zero-order valence-electron chi connectivity index (χ0n) is 10.5. The average molecular weight is 277 g/mol.